The molecule has 1 atom stereocenters. The number of aromatic nitrogens is 2. The summed E-state index contributed by atoms with van der Waals surface area (Å²) in [4.78, 5) is 13.1. The molecule has 2 aromatic heterocycles. The van der Waals surface area contributed by atoms with E-state index in [1.54, 1.807) is 13.1 Å². The van der Waals surface area contributed by atoms with E-state index in [2.05, 4.69) is 10.4 Å². The van der Waals surface area contributed by atoms with Crippen LogP contribution in [0.4, 0.5) is 4.39 Å². The summed E-state index contributed by atoms with van der Waals surface area (Å²) in [6, 6.07) is 9.36. The number of nitrogens with one attached hydrogen (secondary N) is 1. The Hall–Kier alpha value is -2.22. The maximum Gasteiger partial charge on any atom is 0.261 e. The van der Waals surface area contributed by atoms with Gasteiger partial charge >= 0.3 is 0 Å². The number of thiophene rings is 1. The van der Waals surface area contributed by atoms with Crippen molar-refractivity contribution in [3.8, 4) is 11.3 Å². The molecule has 2 heterocycles. The van der Waals surface area contributed by atoms with Crippen LogP contribution < -0.4 is 11.1 Å². The van der Waals surface area contributed by atoms with Crippen LogP contribution >= 0.6 is 22.9 Å². The van der Waals surface area contributed by atoms with Crippen LogP contribution in [0, 0.1) is 12.7 Å². The molecule has 142 valence electrons. The largest absolute Gasteiger partial charge is 0.347 e. The summed E-state index contributed by atoms with van der Waals surface area (Å²) in [5.41, 5.74) is 8.84. The van der Waals surface area contributed by atoms with Crippen LogP contribution in [0.2, 0.25) is 4.34 Å². The van der Waals surface area contributed by atoms with Gasteiger partial charge in [0.15, 0.2) is 5.82 Å². The summed E-state index contributed by atoms with van der Waals surface area (Å²) < 4.78 is 15.7. The van der Waals surface area contributed by atoms with Gasteiger partial charge in [0, 0.05) is 25.2 Å². The fraction of sp³-hybridized carbons (Fsp3) is 0.263. The molecule has 0 saturated heterocycles. The quantitative estimate of drug-likeness (QED) is 0.657. The number of aryl methyl sites for hydroxylation is 2. The highest BCUT2D eigenvalue weighted by molar-refractivity contribution is 7.18. The monoisotopic (exact) mass is 406 g/mol. The van der Waals surface area contributed by atoms with Crippen molar-refractivity contribution in [2.45, 2.75) is 19.4 Å². The number of halogens is 2. The van der Waals surface area contributed by atoms with Gasteiger partial charge in [0.05, 0.1) is 11.1 Å². The molecular weight excluding hydrogens is 387 g/mol. The molecule has 0 bridgehead atoms. The number of rotatable bonds is 6. The van der Waals surface area contributed by atoms with Gasteiger partial charge < -0.3 is 11.1 Å². The minimum atomic E-state index is -0.483. The summed E-state index contributed by atoms with van der Waals surface area (Å²) >= 11 is 7.36. The van der Waals surface area contributed by atoms with E-state index in [1.807, 2.05) is 31.2 Å². The molecule has 0 aliphatic carbocycles. The molecule has 0 spiro atoms. The highest BCUT2D eigenvalue weighted by Gasteiger charge is 2.21. The maximum atomic E-state index is 14.0. The zero-order valence-corrected chi connectivity index (χ0v) is 16.6. The van der Waals surface area contributed by atoms with E-state index in [4.69, 9.17) is 17.3 Å². The average Bonchev–Trinajstić information content (AvgIpc) is 3.18. The van der Waals surface area contributed by atoms with Crippen molar-refractivity contribution in [3.63, 3.8) is 0 Å². The zero-order valence-electron chi connectivity index (χ0n) is 15.0. The second kappa shape index (κ2) is 8.21. The number of benzene rings is 1. The van der Waals surface area contributed by atoms with Gasteiger partial charge in [0.2, 0.25) is 0 Å². The Labute approximate surface area is 166 Å². The van der Waals surface area contributed by atoms with Gasteiger partial charge in [-0.2, -0.15) is 5.10 Å². The van der Waals surface area contributed by atoms with Crippen molar-refractivity contribution in [3.05, 3.63) is 62.7 Å². The van der Waals surface area contributed by atoms with Gasteiger partial charge in [-0.3, -0.25) is 9.48 Å². The highest BCUT2D eigenvalue weighted by Crippen LogP contribution is 2.36. The van der Waals surface area contributed by atoms with Crippen LogP contribution in [0.15, 0.2) is 36.5 Å². The third-order valence-corrected chi connectivity index (χ3v) is 5.76. The Balaban J connectivity index is 1.78. The molecule has 27 heavy (non-hydrogen) atoms. The third-order valence-electron chi connectivity index (χ3n) is 4.41. The van der Waals surface area contributed by atoms with E-state index in [1.165, 1.54) is 4.68 Å². The van der Waals surface area contributed by atoms with Crippen molar-refractivity contribution >= 4 is 28.8 Å². The first-order valence-corrected chi connectivity index (χ1v) is 9.62. The maximum absolute atomic E-state index is 14.0. The van der Waals surface area contributed by atoms with Gasteiger partial charge in [0.1, 0.15) is 10.0 Å². The number of nitrogens with two attached hydrogens (primary N) is 1. The Kier molecular flexibility index (Phi) is 5.94. The molecule has 3 N–H and O–H groups in total. The van der Waals surface area contributed by atoms with Crippen LogP contribution in [0.3, 0.4) is 0 Å². The lowest BCUT2D eigenvalue weighted by Crippen LogP contribution is -2.41. The van der Waals surface area contributed by atoms with Gasteiger partial charge in [-0.05, 0) is 30.5 Å². The van der Waals surface area contributed by atoms with Gasteiger partial charge in [-0.1, -0.05) is 35.9 Å². The normalized spacial score (nSPS) is 12.2. The van der Waals surface area contributed by atoms with E-state index in [-0.39, 0.29) is 17.6 Å². The number of amides is 1. The van der Waals surface area contributed by atoms with Crippen LogP contribution in [-0.2, 0) is 13.5 Å². The number of hydrogen-bond acceptors (Lipinski definition) is 4. The average molecular weight is 407 g/mol. The number of carbonyl (C=O) groups is 1. The predicted octanol–water partition coefficient (Wildman–Crippen LogP) is 3.55. The van der Waals surface area contributed by atoms with Crippen molar-refractivity contribution in [2.24, 2.45) is 12.8 Å². The predicted molar refractivity (Wildman–Crippen MR) is 107 cm³/mol. The molecule has 5 nitrogen and oxygen atoms in total. The number of hydrogen-bond donors (Lipinski definition) is 2. The van der Waals surface area contributed by atoms with Gasteiger partial charge in [0.25, 0.3) is 5.91 Å². The third kappa shape index (κ3) is 4.21. The van der Waals surface area contributed by atoms with Crippen LogP contribution in [0.25, 0.3) is 11.3 Å². The Morgan fingerprint density at radius 3 is 2.81 bits per heavy atom. The molecule has 0 aliphatic heterocycles. The lowest BCUT2D eigenvalue weighted by molar-refractivity contribution is 0.0942. The molecule has 0 radical (unpaired) electrons. The summed E-state index contributed by atoms with van der Waals surface area (Å²) in [5, 5.41) is 6.82. The SMILES string of the molecule is Cc1ccccc1C[C@@H](CN)NC(=O)c1cc(-c2c(F)cnn2C)c(Cl)s1. The molecule has 8 heteroatoms. The van der Waals surface area contributed by atoms with Crippen molar-refractivity contribution < 1.29 is 9.18 Å². The first-order valence-electron chi connectivity index (χ1n) is 8.43. The molecule has 1 amide bonds. The number of carbonyl (C=O) groups excluding carboxylic acids is 1. The van der Waals surface area contributed by atoms with E-state index >= 15 is 0 Å². The molecule has 0 saturated carbocycles. The van der Waals surface area contributed by atoms with Gasteiger partial charge in [-0.25, -0.2) is 4.39 Å². The van der Waals surface area contributed by atoms with E-state index in [9.17, 15) is 9.18 Å². The Bertz CT molecular complexity index is 949. The molecule has 0 unspecified atom stereocenters. The molecule has 0 fully saturated rings. The Morgan fingerprint density at radius 1 is 1.44 bits per heavy atom. The molecule has 0 aliphatic rings. The smallest absolute Gasteiger partial charge is 0.261 e. The Morgan fingerprint density at radius 2 is 2.19 bits per heavy atom. The second-order valence-corrected chi connectivity index (χ2v) is 7.95. The summed E-state index contributed by atoms with van der Waals surface area (Å²) in [5.74, 6) is -0.761. The summed E-state index contributed by atoms with van der Waals surface area (Å²) in [7, 11) is 1.62. The van der Waals surface area contributed by atoms with Crippen LogP contribution in [0.1, 0.15) is 20.8 Å². The summed E-state index contributed by atoms with van der Waals surface area (Å²) in [6.45, 7) is 2.33. The van der Waals surface area contributed by atoms with Crippen LogP contribution in [0.5, 0.6) is 0 Å². The second-order valence-electron chi connectivity index (χ2n) is 6.30. The standard InChI is InChI=1S/C19H20ClFN4OS/c1-11-5-3-4-6-12(11)7-13(9-22)24-19(26)16-8-14(18(20)27-16)17-15(21)10-23-25(17)2/h3-6,8,10,13H,7,9,22H2,1-2H3,(H,24,26)/t13-/m0/s1. The molecular formula is C19H20ClFN4OS. The summed E-state index contributed by atoms with van der Waals surface area (Å²) in [6.07, 6.45) is 1.76. The fourth-order valence-electron chi connectivity index (χ4n) is 2.91. The first-order chi connectivity index (χ1) is 12.9. The highest BCUT2D eigenvalue weighted by atomic mass is 35.5. The van der Waals surface area contributed by atoms with E-state index < -0.39 is 5.82 Å². The lowest BCUT2D eigenvalue weighted by Gasteiger charge is -2.17. The lowest BCUT2D eigenvalue weighted by atomic mass is 10.0. The molecule has 3 aromatic rings. The number of nitrogens with zero attached hydrogens (tertiary/aromatic N) is 2. The first kappa shape index (κ1) is 19.5. The topological polar surface area (TPSA) is 72.9 Å². The molecule has 3 rings (SSSR count). The van der Waals surface area contributed by atoms with Crippen LogP contribution in [-0.4, -0.2) is 28.3 Å². The molecule has 1 aromatic carbocycles. The zero-order chi connectivity index (χ0) is 19.6. The van der Waals surface area contributed by atoms with Crippen molar-refractivity contribution in [2.75, 3.05) is 6.54 Å². The van der Waals surface area contributed by atoms with E-state index in [0.29, 0.717) is 27.7 Å². The van der Waals surface area contributed by atoms with E-state index in [0.717, 1.165) is 28.7 Å². The minimum Gasteiger partial charge on any atom is -0.347 e. The minimum absolute atomic E-state index is 0.212. The van der Waals surface area contributed by atoms with Crippen molar-refractivity contribution in [1.82, 2.24) is 15.1 Å². The van der Waals surface area contributed by atoms with Gasteiger partial charge in [-0.15, -0.1) is 11.3 Å². The van der Waals surface area contributed by atoms with Crippen molar-refractivity contribution in [1.29, 1.82) is 0 Å². The fourth-order valence-corrected chi connectivity index (χ4v) is 4.09.